The normalized spacial score (nSPS) is 20.2. The Bertz CT molecular complexity index is 957. The van der Waals surface area contributed by atoms with E-state index in [1.807, 2.05) is 24.3 Å². The Morgan fingerprint density at radius 3 is 2.45 bits per heavy atom. The first kappa shape index (κ1) is 24.4. The summed E-state index contributed by atoms with van der Waals surface area (Å²) in [6, 6.07) is 7.71. The largest absolute Gasteiger partial charge is 0.497 e. The molecule has 0 fully saturated rings. The number of methoxy groups -OCH3 is 1. The molecule has 7 nitrogen and oxygen atoms in total. The molecule has 1 aromatic heterocycles. The number of carbonyl (C=O) groups excluding carboxylic acids is 2. The zero-order valence-electron chi connectivity index (χ0n) is 19.9. The summed E-state index contributed by atoms with van der Waals surface area (Å²) in [5, 5.41) is 6.07. The maximum Gasteiger partial charge on any atom is 0.254 e. The van der Waals surface area contributed by atoms with E-state index in [9.17, 15) is 9.59 Å². The van der Waals surface area contributed by atoms with Gasteiger partial charge >= 0.3 is 0 Å². The maximum absolute atomic E-state index is 12.7. The molecule has 1 aromatic carbocycles. The van der Waals surface area contributed by atoms with Gasteiger partial charge in [0.25, 0.3) is 5.91 Å². The molecule has 33 heavy (non-hydrogen) atoms. The standard InChI is InChI=1S/C26H34N4O3/c1-17(2)24-10-20(11-25(31)29-12-19-5-7-23(33-4)8-6-19)18(3)9-21(24)15-30-26(32)22-13-27-16-28-14-22/h5-9,13-14,16-17,20-21,24H,10-12,15H2,1-4H3,(H,29,31)(H,30,32). The lowest BCUT2D eigenvalue weighted by Crippen LogP contribution is -2.37. The van der Waals surface area contributed by atoms with Crippen LogP contribution < -0.4 is 15.4 Å². The van der Waals surface area contributed by atoms with Gasteiger partial charge < -0.3 is 15.4 Å². The zero-order chi connectivity index (χ0) is 23.8. The van der Waals surface area contributed by atoms with Gasteiger partial charge in [-0.3, -0.25) is 9.59 Å². The van der Waals surface area contributed by atoms with E-state index >= 15 is 0 Å². The minimum atomic E-state index is -0.163. The fourth-order valence-electron chi connectivity index (χ4n) is 4.48. The van der Waals surface area contributed by atoms with Crippen LogP contribution in [0.1, 0.15) is 49.5 Å². The van der Waals surface area contributed by atoms with Gasteiger partial charge in [0.15, 0.2) is 0 Å². The number of amides is 2. The van der Waals surface area contributed by atoms with Gasteiger partial charge in [-0.15, -0.1) is 0 Å². The fraction of sp³-hybridized carbons (Fsp3) is 0.462. The Kier molecular flexibility index (Phi) is 8.58. The van der Waals surface area contributed by atoms with E-state index in [1.165, 1.54) is 24.3 Å². The first-order valence-electron chi connectivity index (χ1n) is 11.5. The molecule has 7 heteroatoms. The molecule has 3 atom stereocenters. The van der Waals surface area contributed by atoms with Crippen LogP contribution in [0.4, 0.5) is 0 Å². The number of nitrogens with one attached hydrogen (secondary N) is 2. The molecule has 1 aliphatic rings. The average Bonchev–Trinajstić information content (AvgIpc) is 2.83. The van der Waals surface area contributed by atoms with E-state index in [0.29, 0.717) is 36.9 Å². The molecular weight excluding hydrogens is 416 g/mol. The van der Waals surface area contributed by atoms with Crippen LogP contribution in [0.2, 0.25) is 0 Å². The molecule has 1 aliphatic carbocycles. The second-order valence-corrected chi connectivity index (χ2v) is 9.08. The average molecular weight is 451 g/mol. The molecule has 0 saturated heterocycles. The van der Waals surface area contributed by atoms with E-state index in [0.717, 1.165) is 17.7 Å². The van der Waals surface area contributed by atoms with E-state index < -0.39 is 0 Å². The third kappa shape index (κ3) is 6.88. The third-order valence-corrected chi connectivity index (χ3v) is 6.49. The highest BCUT2D eigenvalue weighted by Crippen LogP contribution is 2.38. The number of rotatable bonds is 9. The highest BCUT2D eigenvalue weighted by molar-refractivity contribution is 5.93. The summed E-state index contributed by atoms with van der Waals surface area (Å²) < 4.78 is 5.18. The van der Waals surface area contributed by atoms with Crippen molar-refractivity contribution in [1.82, 2.24) is 20.6 Å². The van der Waals surface area contributed by atoms with Crippen molar-refractivity contribution in [3.05, 3.63) is 65.8 Å². The molecule has 176 valence electrons. The Balaban J connectivity index is 1.56. The van der Waals surface area contributed by atoms with Crippen LogP contribution in [0.3, 0.4) is 0 Å². The van der Waals surface area contributed by atoms with Crippen molar-refractivity contribution in [2.45, 2.75) is 40.2 Å². The second kappa shape index (κ2) is 11.6. The van der Waals surface area contributed by atoms with Crippen molar-refractivity contribution in [2.24, 2.45) is 23.7 Å². The van der Waals surface area contributed by atoms with Gasteiger partial charge in [-0.1, -0.05) is 37.6 Å². The van der Waals surface area contributed by atoms with E-state index in [-0.39, 0.29) is 23.7 Å². The molecule has 3 rings (SSSR count). The molecule has 2 amide bonds. The van der Waals surface area contributed by atoms with Gasteiger partial charge in [-0.25, -0.2) is 9.97 Å². The Morgan fingerprint density at radius 2 is 1.82 bits per heavy atom. The smallest absolute Gasteiger partial charge is 0.254 e. The molecule has 3 unspecified atom stereocenters. The minimum absolute atomic E-state index is 0.0573. The topological polar surface area (TPSA) is 93.2 Å². The van der Waals surface area contributed by atoms with E-state index in [4.69, 9.17) is 4.74 Å². The predicted molar refractivity (Wildman–Crippen MR) is 128 cm³/mol. The molecule has 0 spiro atoms. The molecule has 2 aromatic rings. The summed E-state index contributed by atoms with van der Waals surface area (Å²) in [4.78, 5) is 32.9. The molecule has 0 aliphatic heterocycles. The van der Waals surface area contributed by atoms with Gasteiger partial charge in [0.05, 0.1) is 12.7 Å². The van der Waals surface area contributed by atoms with Gasteiger partial charge in [0.2, 0.25) is 5.91 Å². The first-order valence-corrected chi connectivity index (χ1v) is 11.5. The van der Waals surface area contributed by atoms with Crippen LogP contribution in [-0.4, -0.2) is 35.4 Å². The quantitative estimate of drug-likeness (QED) is 0.567. The monoisotopic (exact) mass is 450 g/mol. The van der Waals surface area contributed by atoms with Crippen molar-refractivity contribution in [3.63, 3.8) is 0 Å². The number of hydrogen-bond acceptors (Lipinski definition) is 5. The summed E-state index contributed by atoms with van der Waals surface area (Å²) in [5.41, 5.74) is 2.72. The number of aromatic nitrogens is 2. The number of carbonyl (C=O) groups is 2. The van der Waals surface area contributed by atoms with Crippen LogP contribution in [0.25, 0.3) is 0 Å². The van der Waals surface area contributed by atoms with Crippen LogP contribution in [0.15, 0.2) is 54.6 Å². The van der Waals surface area contributed by atoms with Gasteiger partial charge in [-0.05, 0) is 54.7 Å². The summed E-state index contributed by atoms with van der Waals surface area (Å²) in [7, 11) is 1.64. The molecule has 2 N–H and O–H groups in total. The zero-order valence-corrected chi connectivity index (χ0v) is 19.9. The van der Waals surface area contributed by atoms with Crippen molar-refractivity contribution < 1.29 is 14.3 Å². The first-order chi connectivity index (χ1) is 15.9. The van der Waals surface area contributed by atoms with Gasteiger partial charge in [-0.2, -0.15) is 0 Å². The Hall–Kier alpha value is -3.22. The van der Waals surface area contributed by atoms with E-state index in [2.05, 4.69) is 47.4 Å². The van der Waals surface area contributed by atoms with Gasteiger partial charge in [0, 0.05) is 31.9 Å². The SMILES string of the molecule is COc1ccc(CNC(=O)CC2CC(C(C)C)C(CNC(=O)c3cncnc3)C=C2C)cc1. The highest BCUT2D eigenvalue weighted by atomic mass is 16.5. The lowest BCUT2D eigenvalue weighted by Gasteiger charge is -2.37. The van der Waals surface area contributed by atoms with Crippen molar-refractivity contribution in [1.29, 1.82) is 0 Å². The number of nitrogens with zero attached hydrogens (tertiary/aromatic N) is 2. The lowest BCUT2D eigenvalue weighted by molar-refractivity contribution is -0.122. The van der Waals surface area contributed by atoms with Crippen LogP contribution in [0.5, 0.6) is 5.75 Å². The van der Waals surface area contributed by atoms with Crippen molar-refractivity contribution in [2.75, 3.05) is 13.7 Å². The maximum atomic E-state index is 12.7. The lowest BCUT2D eigenvalue weighted by atomic mass is 9.69. The fourth-order valence-corrected chi connectivity index (χ4v) is 4.48. The second-order valence-electron chi connectivity index (χ2n) is 9.08. The Labute approximate surface area is 196 Å². The van der Waals surface area contributed by atoms with Crippen LogP contribution >= 0.6 is 0 Å². The summed E-state index contributed by atoms with van der Waals surface area (Å²) in [5.74, 6) is 1.98. The summed E-state index contributed by atoms with van der Waals surface area (Å²) in [6.45, 7) is 7.57. The predicted octanol–water partition coefficient (Wildman–Crippen LogP) is 3.78. The molecule has 0 bridgehead atoms. The van der Waals surface area contributed by atoms with Gasteiger partial charge in [0.1, 0.15) is 12.1 Å². The summed E-state index contributed by atoms with van der Waals surface area (Å²) >= 11 is 0. The molecule has 0 radical (unpaired) electrons. The van der Waals surface area contributed by atoms with Crippen LogP contribution in [-0.2, 0) is 11.3 Å². The highest BCUT2D eigenvalue weighted by Gasteiger charge is 2.32. The van der Waals surface area contributed by atoms with Crippen LogP contribution in [0, 0.1) is 23.7 Å². The molecule has 1 heterocycles. The number of hydrogen-bond donors (Lipinski definition) is 2. The Morgan fingerprint density at radius 1 is 1.12 bits per heavy atom. The van der Waals surface area contributed by atoms with Crippen molar-refractivity contribution in [3.8, 4) is 5.75 Å². The van der Waals surface area contributed by atoms with Crippen molar-refractivity contribution >= 4 is 11.8 Å². The number of ether oxygens (including phenoxy) is 1. The number of allylic oxidation sites excluding steroid dienone is 1. The van der Waals surface area contributed by atoms with E-state index in [1.54, 1.807) is 7.11 Å². The third-order valence-electron chi connectivity index (χ3n) is 6.49. The molecule has 0 saturated carbocycles. The summed E-state index contributed by atoms with van der Waals surface area (Å²) in [6.07, 6.45) is 8.10. The molecular formula is C26H34N4O3. The minimum Gasteiger partial charge on any atom is -0.497 e. The number of benzene rings is 1.